The zero-order chi connectivity index (χ0) is 50.1. The van der Waals surface area contributed by atoms with E-state index in [1.165, 1.54) is 54.2 Å². The smallest absolute Gasteiger partial charge is 0.0620 e. The van der Waals surface area contributed by atoms with Crippen LogP contribution in [-0.4, -0.2) is 9.13 Å². The Kier molecular flexibility index (Phi) is 10.2. The fourth-order valence-electron chi connectivity index (χ4n) is 12.3. The summed E-state index contributed by atoms with van der Waals surface area (Å²) in [5, 5.41) is 14.5. The van der Waals surface area contributed by atoms with Crippen LogP contribution in [0.4, 0.5) is 0 Å². The topological polar surface area (TPSA) is 9.86 Å². The van der Waals surface area contributed by atoms with E-state index in [0.717, 1.165) is 89.1 Å². The first kappa shape index (κ1) is 43.6. The molecule has 0 saturated heterocycles. The Labute approximate surface area is 441 Å². The van der Waals surface area contributed by atoms with Crippen LogP contribution in [0.15, 0.2) is 291 Å². The molecular formula is C74H48N2. The molecule has 0 bridgehead atoms. The number of rotatable bonds is 8. The van der Waals surface area contributed by atoms with Gasteiger partial charge in [0.25, 0.3) is 0 Å². The summed E-state index contributed by atoms with van der Waals surface area (Å²) in [5.74, 6) is 0. The van der Waals surface area contributed by atoms with Crippen molar-refractivity contribution in [1.29, 1.82) is 0 Å². The molecule has 76 heavy (non-hydrogen) atoms. The standard InChI is InChI=1S/C74H48N2/c1-5-21-49(22-6-1)69-41-42-70(50-23-7-2-8-24-50)75(69)73-63-39-37-56(66-46-54-30-14-16-32-58(54)60-34-18-20-36-62(60)66)48-68(63)74(76-71(51-25-9-3-10-26-51)43-44-72(76)52-27-11-4-12-28-52)64-40-38-55(47-67(64)73)65-45-53-29-13-15-31-57(53)59-33-17-19-35-61(59)65/h1-48H. The first-order chi connectivity index (χ1) is 37.7. The molecule has 0 radical (unpaired) electrons. The molecule has 2 heterocycles. The molecule has 354 valence electrons. The van der Waals surface area contributed by atoms with Crippen LogP contribution in [-0.2, 0) is 0 Å². The van der Waals surface area contributed by atoms with Gasteiger partial charge in [-0.15, -0.1) is 0 Å². The Bertz CT molecular complexity index is 4300. The highest BCUT2D eigenvalue weighted by Gasteiger charge is 2.26. The van der Waals surface area contributed by atoms with Gasteiger partial charge in [0, 0.05) is 21.5 Å². The molecule has 13 aromatic carbocycles. The molecule has 2 heteroatoms. The summed E-state index contributed by atoms with van der Waals surface area (Å²) >= 11 is 0. The van der Waals surface area contributed by atoms with Gasteiger partial charge in [0.1, 0.15) is 0 Å². The number of hydrogen-bond acceptors (Lipinski definition) is 0. The van der Waals surface area contributed by atoms with Crippen molar-refractivity contribution in [2.75, 3.05) is 0 Å². The molecule has 15 aromatic rings. The fraction of sp³-hybridized carbons (Fsp3) is 0. The van der Waals surface area contributed by atoms with Crippen LogP contribution in [0.2, 0.25) is 0 Å². The zero-order valence-corrected chi connectivity index (χ0v) is 41.6. The molecule has 0 fully saturated rings. The average molecular weight is 965 g/mol. The van der Waals surface area contributed by atoms with Crippen LogP contribution < -0.4 is 0 Å². The molecular weight excluding hydrogens is 917 g/mol. The molecule has 0 N–H and O–H groups in total. The number of nitrogens with zero attached hydrogens (tertiary/aromatic N) is 2. The Hall–Kier alpha value is -10.0. The van der Waals surface area contributed by atoms with Gasteiger partial charge in [-0.3, -0.25) is 0 Å². The number of hydrogen-bond donors (Lipinski definition) is 0. The maximum atomic E-state index is 2.55. The van der Waals surface area contributed by atoms with Crippen molar-refractivity contribution < 1.29 is 0 Å². The van der Waals surface area contributed by atoms with Crippen molar-refractivity contribution in [2.24, 2.45) is 0 Å². The van der Waals surface area contributed by atoms with Gasteiger partial charge in [-0.05, 0) is 136 Å². The van der Waals surface area contributed by atoms with E-state index in [2.05, 4.69) is 300 Å². The lowest BCUT2D eigenvalue weighted by Gasteiger charge is -2.25. The van der Waals surface area contributed by atoms with Crippen LogP contribution in [0.5, 0.6) is 0 Å². The van der Waals surface area contributed by atoms with Crippen LogP contribution in [0.3, 0.4) is 0 Å². The van der Waals surface area contributed by atoms with E-state index in [9.17, 15) is 0 Å². The second-order valence-corrected chi connectivity index (χ2v) is 19.9. The van der Waals surface area contributed by atoms with Crippen LogP contribution in [0.25, 0.3) is 143 Å². The van der Waals surface area contributed by atoms with Crippen molar-refractivity contribution >= 4 is 64.6 Å². The predicted molar refractivity (Wildman–Crippen MR) is 323 cm³/mol. The van der Waals surface area contributed by atoms with Crippen molar-refractivity contribution in [1.82, 2.24) is 9.13 Å². The van der Waals surface area contributed by atoms with Gasteiger partial charge in [0.05, 0.1) is 34.2 Å². The summed E-state index contributed by atoms with van der Waals surface area (Å²) in [6, 6.07) is 108. The first-order valence-corrected chi connectivity index (χ1v) is 26.2. The highest BCUT2D eigenvalue weighted by Crippen LogP contribution is 2.48. The monoisotopic (exact) mass is 964 g/mol. The Morgan fingerprint density at radius 3 is 0.803 bits per heavy atom. The maximum absolute atomic E-state index is 2.55. The maximum Gasteiger partial charge on any atom is 0.0620 e. The molecule has 0 aliphatic carbocycles. The van der Waals surface area contributed by atoms with Crippen LogP contribution >= 0.6 is 0 Å². The largest absolute Gasteiger partial charge is 0.308 e. The Morgan fingerprint density at radius 1 is 0.171 bits per heavy atom. The number of benzene rings is 13. The lowest BCUT2D eigenvalue weighted by Crippen LogP contribution is -2.07. The highest BCUT2D eigenvalue weighted by atomic mass is 15.0. The molecule has 0 unspecified atom stereocenters. The third-order valence-electron chi connectivity index (χ3n) is 15.7. The summed E-state index contributed by atoms with van der Waals surface area (Å²) < 4.78 is 5.11. The minimum absolute atomic E-state index is 1.12. The van der Waals surface area contributed by atoms with Gasteiger partial charge in [0.2, 0.25) is 0 Å². The van der Waals surface area contributed by atoms with E-state index < -0.39 is 0 Å². The van der Waals surface area contributed by atoms with Gasteiger partial charge in [0.15, 0.2) is 0 Å². The van der Waals surface area contributed by atoms with Gasteiger partial charge < -0.3 is 9.13 Å². The van der Waals surface area contributed by atoms with Crippen LogP contribution in [0.1, 0.15) is 0 Å². The molecule has 2 nitrogen and oxygen atoms in total. The minimum Gasteiger partial charge on any atom is -0.308 e. The lowest BCUT2D eigenvalue weighted by molar-refractivity contribution is 1.10. The van der Waals surface area contributed by atoms with Gasteiger partial charge in [-0.1, -0.05) is 243 Å². The van der Waals surface area contributed by atoms with Crippen molar-refractivity contribution in [3.63, 3.8) is 0 Å². The first-order valence-electron chi connectivity index (χ1n) is 26.2. The lowest BCUT2D eigenvalue weighted by atomic mass is 9.88. The summed E-state index contributed by atoms with van der Waals surface area (Å²) in [5.41, 5.74) is 16.1. The Morgan fingerprint density at radius 2 is 0.461 bits per heavy atom. The summed E-state index contributed by atoms with van der Waals surface area (Å²) in [7, 11) is 0. The average Bonchev–Trinajstić information content (AvgIpc) is 4.18. The normalized spacial score (nSPS) is 11.7. The summed E-state index contributed by atoms with van der Waals surface area (Å²) in [4.78, 5) is 0. The molecule has 0 aliphatic rings. The van der Waals surface area contributed by atoms with E-state index in [1.807, 2.05) is 0 Å². The third kappa shape index (κ3) is 7.03. The van der Waals surface area contributed by atoms with Crippen molar-refractivity contribution in [3.8, 4) is 78.7 Å². The molecule has 0 aliphatic heterocycles. The second-order valence-electron chi connectivity index (χ2n) is 19.9. The molecule has 0 amide bonds. The van der Waals surface area contributed by atoms with Gasteiger partial charge in [-0.25, -0.2) is 0 Å². The summed E-state index contributed by atoms with van der Waals surface area (Å²) in [6.45, 7) is 0. The van der Waals surface area contributed by atoms with E-state index in [-0.39, 0.29) is 0 Å². The molecule has 0 spiro atoms. The Balaban J connectivity index is 1.15. The van der Waals surface area contributed by atoms with E-state index in [0.29, 0.717) is 0 Å². The van der Waals surface area contributed by atoms with Gasteiger partial charge in [-0.2, -0.15) is 0 Å². The van der Waals surface area contributed by atoms with E-state index >= 15 is 0 Å². The zero-order valence-electron chi connectivity index (χ0n) is 41.6. The van der Waals surface area contributed by atoms with Crippen molar-refractivity contribution in [2.45, 2.75) is 0 Å². The second kappa shape index (κ2) is 17.9. The van der Waals surface area contributed by atoms with E-state index in [1.54, 1.807) is 0 Å². The van der Waals surface area contributed by atoms with Crippen molar-refractivity contribution in [3.05, 3.63) is 291 Å². The summed E-state index contributed by atoms with van der Waals surface area (Å²) in [6.07, 6.45) is 0. The minimum atomic E-state index is 1.12. The molecule has 0 saturated carbocycles. The number of aromatic nitrogens is 2. The molecule has 2 aromatic heterocycles. The third-order valence-corrected chi connectivity index (χ3v) is 15.7. The number of fused-ring (bicyclic) bond motifs is 8. The fourth-order valence-corrected chi connectivity index (χ4v) is 12.3. The molecule has 15 rings (SSSR count). The van der Waals surface area contributed by atoms with Gasteiger partial charge >= 0.3 is 0 Å². The predicted octanol–water partition coefficient (Wildman–Crippen LogP) is 20.2. The highest BCUT2D eigenvalue weighted by molar-refractivity contribution is 6.20. The quantitative estimate of drug-likeness (QED) is 0.106. The SMILES string of the molecule is c1ccc(-c2ccc(-c3ccccc3)n2-c2c3ccc(-c4cc5ccccc5c5ccccc45)cc3c(-n3c(-c4ccccc4)ccc3-c3ccccc3)c3ccc(-c4cc5ccccc5c5ccccc45)cc23)cc1. The van der Waals surface area contributed by atoms with Crippen LogP contribution in [0, 0.1) is 0 Å². The van der Waals surface area contributed by atoms with E-state index in [4.69, 9.17) is 0 Å². The molecule has 0 atom stereocenters.